The third kappa shape index (κ3) is 4.05. The predicted molar refractivity (Wildman–Crippen MR) is 118 cm³/mol. The van der Waals surface area contributed by atoms with E-state index >= 15 is 0 Å². The Bertz CT molecular complexity index is 1040. The molecule has 10 heteroatoms. The van der Waals surface area contributed by atoms with Gasteiger partial charge in [-0.15, -0.1) is 5.10 Å². The van der Waals surface area contributed by atoms with Gasteiger partial charge in [-0.25, -0.2) is 4.68 Å². The van der Waals surface area contributed by atoms with E-state index in [9.17, 15) is 10.1 Å². The number of non-ortho nitro benzene ring substituents is 1. The molecule has 32 heavy (non-hydrogen) atoms. The number of piperazine rings is 1. The summed E-state index contributed by atoms with van der Waals surface area (Å²) >= 11 is 0. The molecular weight excluding hydrogens is 408 g/mol. The van der Waals surface area contributed by atoms with E-state index < -0.39 is 0 Å². The molecule has 0 unspecified atom stereocenters. The van der Waals surface area contributed by atoms with E-state index in [0.29, 0.717) is 6.04 Å². The maximum Gasteiger partial charge on any atom is 0.269 e. The van der Waals surface area contributed by atoms with Gasteiger partial charge in [-0.05, 0) is 53.1 Å². The van der Waals surface area contributed by atoms with E-state index in [1.54, 1.807) is 12.1 Å². The minimum atomic E-state index is -0.366. The molecule has 0 N–H and O–H groups in total. The Morgan fingerprint density at radius 1 is 0.969 bits per heavy atom. The lowest BCUT2D eigenvalue weighted by molar-refractivity contribution is -0.384. The molecule has 2 fully saturated rings. The van der Waals surface area contributed by atoms with Gasteiger partial charge in [0, 0.05) is 56.4 Å². The van der Waals surface area contributed by atoms with Crippen LogP contribution in [0.4, 0.5) is 11.4 Å². The van der Waals surface area contributed by atoms with Gasteiger partial charge in [0.15, 0.2) is 5.82 Å². The molecular formula is C22H26N8O2. The standard InChI is InChI=1S/C22H26N8O2/c31-30(32)20-7-5-18(6-8-20)27-13-15-28(16-14-27)21(17-9-11-23-12-10-17)22-24-25-26-29(22)19-3-1-2-4-19/h5-12,19,21H,1-4,13-16H2/t21-/m1/s1. The van der Waals surface area contributed by atoms with E-state index in [-0.39, 0.29) is 16.7 Å². The second-order valence-electron chi connectivity index (χ2n) is 8.40. The van der Waals surface area contributed by atoms with Gasteiger partial charge in [-0.3, -0.25) is 20.0 Å². The van der Waals surface area contributed by atoms with Gasteiger partial charge in [0.25, 0.3) is 5.69 Å². The van der Waals surface area contributed by atoms with Crippen LogP contribution >= 0.6 is 0 Å². The lowest BCUT2D eigenvalue weighted by Crippen LogP contribution is -2.48. The Balaban J connectivity index is 1.37. The van der Waals surface area contributed by atoms with Crippen LogP contribution in [-0.2, 0) is 0 Å². The second-order valence-corrected chi connectivity index (χ2v) is 8.40. The van der Waals surface area contributed by atoms with Crippen LogP contribution in [0.25, 0.3) is 0 Å². The molecule has 1 aliphatic heterocycles. The van der Waals surface area contributed by atoms with E-state index in [1.807, 2.05) is 41.3 Å². The summed E-state index contributed by atoms with van der Waals surface area (Å²) in [7, 11) is 0. The lowest BCUT2D eigenvalue weighted by Gasteiger charge is -2.40. The number of rotatable bonds is 6. The Kier molecular flexibility index (Phi) is 5.76. The van der Waals surface area contributed by atoms with Crippen molar-refractivity contribution < 1.29 is 4.92 Å². The van der Waals surface area contributed by atoms with Crippen LogP contribution in [-0.4, -0.2) is 61.2 Å². The van der Waals surface area contributed by atoms with Gasteiger partial charge in [-0.1, -0.05) is 12.8 Å². The fourth-order valence-electron chi connectivity index (χ4n) is 4.88. The fraction of sp³-hybridized carbons (Fsp3) is 0.455. The fourth-order valence-corrected chi connectivity index (χ4v) is 4.88. The average Bonchev–Trinajstić information content (AvgIpc) is 3.53. The molecule has 0 amide bonds. The Morgan fingerprint density at radius 2 is 1.66 bits per heavy atom. The topological polar surface area (TPSA) is 106 Å². The van der Waals surface area contributed by atoms with Crippen molar-refractivity contribution in [1.82, 2.24) is 30.1 Å². The normalized spacial score (nSPS) is 18.7. The number of tetrazole rings is 1. The van der Waals surface area contributed by atoms with Crippen LogP contribution < -0.4 is 4.90 Å². The largest absolute Gasteiger partial charge is 0.369 e. The number of pyridine rings is 1. The summed E-state index contributed by atoms with van der Waals surface area (Å²) in [5.41, 5.74) is 2.26. The van der Waals surface area contributed by atoms with Crippen molar-refractivity contribution in [3.63, 3.8) is 0 Å². The first kappa shape index (κ1) is 20.5. The van der Waals surface area contributed by atoms with Crippen LogP contribution in [0.1, 0.15) is 49.2 Å². The van der Waals surface area contributed by atoms with E-state index in [1.165, 1.54) is 12.8 Å². The molecule has 0 spiro atoms. The number of aromatic nitrogens is 5. The van der Waals surface area contributed by atoms with E-state index in [0.717, 1.165) is 56.1 Å². The van der Waals surface area contributed by atoms with Gasteiger partial charge in [0.1, 0.15) is 0 Å². The third-order valence-corrected chi connectivity index (χ3v) is 6.56. The molecule has 10 nitrogen and oxygen atoms in total. The van der Waals surface area contributed by atoms with E-state index in [4.69, 9.17) is 0 Å². The molecule has 1 aromatic carbocycles. The van der Waals surface area contributed by atoms with Crippen molar-refractivity contribution in [3.8, 4) is 0 Å². The number of nitrogens with zero attached hydrogens (tertiary/aromatic N) is 8. The summed E-state index contributed by atoms with van der Waals surface area (Å²) in [5.74, 6) is 0.895. The summed E-state index contributed by atoms with van der Waals surface area (Å²) < 4.78 is 2.04. The highest BCUT2D eigenvalue weighted by Crippen LogP contribution is 2.34. The molecule has 5 rings (SSSR count). The molecule has 1 atom stereocenters. The van der Waals surface area contributed by atoms with Crippen LogP contribution in [0.5, 0.6) is 0 Å². The predicted octanol–water partition coefficient (Wildman–Crippen LogP) is 3.00. The number of nitro benzene ring substituents is 1. The Hall–Kier alpha value is -3.40. The maximum atomic E-state index is 10.9. The number of benzene rings is 1. The van der Waals surface area contributed by atoms with E-state index in [2.05, 4.69) is 30.3 Å². The summed E-state index contributed by atoms with van der Waals surface area (Å²) in [6, 6.07) is 11.2. The van der Waals surface area contributed by atoms with Gasteiger partial charge in [0.2, 0.25) is 0 Å². The highest BCUT2D eigenvalue weighted by Gasteiger charge is 2.33. The molecule has 0 radical (unpaired) electrons. The quantitative estimate of drug-likeness (QED) is 0.431. The monoisotopic (exact) mass is 434 g/mol. The molecule has 1 saturated heterocycles. The number of hydrogen-bond acceptors (Lipinski definition) is 8. The van der Waals surface area contributed by atoms with Crippen molar-refractivity contribution in [3.05, 3.63) is 70.3 Å². The van der Waals surface area contributed by atoms with Crippen LogP contribution in [0.2, 0.25) is 0 Å². The second kappa shape index (κ2) is 8.99. The van der Waals surface area contributed by atoms with Crippen molar-refractivity contribution in [1.29, 1.82) is 0 Å². The molecule has 3 aromatic rings. The van der Waals surface area contributed by atoms with Crippen molar-refractivity contribution in [2.75, 3.05) is 31.1 Å². The maximum absolute atomic E-state index is 10.9. The Labute approximate surface area is 186 Å². The molecule has 1 saturated carbocycles. The zero-order valence-corrected chi connectivity index (χ0v) is 17.8. The number of anilines is 1. The number of hydrogen-bond donors (Lipinski definition) is 0. The van der Waals surface area contributed by atoms with Gasteiger partial charge in [-0.2, -0.15) is 0 Å². The van der Waals surface area contributed by atoms with Crippen LogP contribution in [0.3, 0.4) is 0 Å². The van der Waals surface area contributed by atoms with Crippen molar-refractivity contribution in [2.45, 2.75) is 37.8 Å². The molecule has 3 heterocycles. The highest BCUT2D eigenvalue weighted by molar-refractivity contribution is 5.51. The summed E-state index contributed by atoms with van der Waals surface area (Å²) in [4.78, 5) is 19.5. The number of nitro groups is 1. The van der Waals surface area contributed by atoms with Gasteiger partial charge >= 0.3 is 0 Å². The van der Waals surface area contributed by atoms with Gasteiger partial charge in [0.05, 0.1) is 17.0 Å². The summed E-state index contributed by atoms with van der Waals surface area (Å²) in [5, 5.41) is 23.8. The third-order valence-electron chi connectivity index (χ3n) is 6.56. The molecule has 1 aliphatic carbocycles. The van der Waals surface area contributed by atoms with Crippen molar-refractivity contribution in [2.24, 2.45) is 0 Å². The van der Waals surface area contributed by atoms with Crippen LogP contribution in [0, 0.1) is 10.1 Å². The minimum Gasteiger partial charge on any atom is -0.369 e. The molecule has 2 aromatic heterocycles. The summed E-state index contributed by atoms with van der Waals surface area (Å²) in [6.45, 7) is 3.32. The van der Waals surface area contributed by atoms with Crippen LogP contribution in [0.15, 0.2) is 48.8 Å². The zero-order valence-electron chi connectivity index (χ0n) is 17.8. The first-order chi connectivity index (χ1) is 15.7. The van der Waals surface area contributed by atoms with Crippen molar-refractivity contribution >= 4 is 11.4 Å². The Morgan fingerprint density at radius 3 is 2.31 bits per heavy atom. The lowest BCUT2D eigenvalue weighted by atomic mass is 10.0. The average molecular weight is 435 g/mol. The SMILES string of the molecule is O=[N+]([O-])c1ccc(N2CCN([C@H](c3ccncc3)c3nnnn3C3CCCC3)CC2)cc1. The molecule has 0 bridgehead atoms. The smallest absolute Gasteiger partial charge is 0.269 e. The first-order valence-electron chi connectivity index (χ1n) is 11.1. The molecule has 2 aliphatic rings. The zero-order chi connectivity index (χ0) is 21.9. The highest BCUT2D eigenvalue weighted by atomic mass is 16.6. The first-order valence-corrected chi connectivity index (χ1v) is 11.1. The molecule has 166 valence electrons. The minimum absolute atomic E-state index is 0.0346. The summed E-state index contributed by atoms with van der Waals surface area (Å²) in [6.07, 6.45) is 8.32. The van der Waals surface area contributed by atoms with Gasteiger partial charge < -0.3 is 4.90 Å².